The van der Waals surface area contributed by atoms with E-state index in [1.54, 1.807) is 0 Å². The first kappa shape index (κ1) is 26.6. The SMILES string of the molecule is OC1[C@H]2OC(C3CCC(C4CCCCC4)CC3)O[C@H]2C(O)[C@@H]2OC(C3CCC(C4CCCCC4)CC3)O[C@@H]12. The summed E-state index contributed by atoms with van der Waals surface area (Å²) in [6, 6.07) is 0. The Morgan fingerprint density at radius 1 is 0.316 bits per heavy atom. The third kappa shape index (κ3) is 5.13. The first-order valence-corrected chi connectivity index (χ1v) is 16.6. The molecule has 38 heavy (non-hydrogen) atoms. The third-order valence-electron chi connectivity index (χ3n) is 12.2. The molecule has 0 amide bonds. The molecular formula is C32H52O6. The van der Waals surface area contributed by atoms with Gasteiger partial charge in [-0.2, -0.15) is 0 Å². The van der Waals surface area contributed by atoms with E-state index >= 15 is 0 Å². The summed E-state index contributed by atoms with van der Waals surface area (Å²) in [5.74, 6) is 4.28. The van der Waals surface area contributed by atoms with Crippen molar-refractivity contribution in [1.29, 1.82) is 0 Å². The molecular weight excluding hydrogens is 480 g/mol. The average Bonchev–Trinajstić information content (AvgIpc) is 3.64. The van der Waals surface area contributed by atoms with Gasteiger partial charge in [0.2, 0.25) is 0 Å². The molecule has 0 spiro atoms. The van der Waals surface area contributed by atoms with Gasteiger partial charge in [-0.3, -0.25) is 0 Å². The molecule has 2 N–H and O–H groups in total. The molecule has 0 aromatic carbocycles. The van der Waals surface area contributed by atoms with Crippen molar-refractivity contribution in [2.45, 2.75) is 165 Å². The van der Waals surface area contributed by atoms with Gasteiger partial charge in [0, 0.05) is 11.8 Å². The highest BCUT2D eigenvalue weighted by Crippen LogP contribution is 2.48. The van der Waals surface area contributed by atoms with Gasteiger partial charge in [-0.25, -0.2) is 0 Å². The molecule has 7 rings (SSSR count). The van der Waals surface area contributed by atoms with E-state index in [1.807, 2.05) is 0 Å². The lowest BCUT2D eigenvalue weighted by atomic mass is 9.71. The van der Waals surface area contributed by atoms with Crippen LogP contribution in [0.15, 0.2) is 0 Å². The van der Waals surface area contributed by atoms with Crippen molar-refractivity contribution in [3.63, 3.8) is 0 Å². The van der Waals surface area contributed by atoms with Crippen molar-refractivity contribution >= 4 is 0 Å². The number of rotatable bonds is 4. The van der Waals surface area contributed by atoms with E-state index in [0.29, 0.717) is 11.8 Å². The summed E-state index contributed by atoms with van der Waals surface area (Å²) in [7, 11) is 0. The maximum absolute atomic E-state index is 11.3. The standard InChI is InChI=1S/C32H52O6/c33-25-27-28(36-31(35-27)23-15-11-21(12-16-23)19-7-3-1-4-8-19)26(34)30-29(25)37-32(38-30)24-17-13-22(14-18-24)20-9-5-2-6-10-20/h19-34H,1-18H2/t21?,22?,23?,24?,25?,26?,27-,28-,29-,30+,31?,32?/m0/s1. The van der Waals surface area contributed by atoms with E-state index in [-0.39, 0.29) is 12.6 Å². The number of hydrogen-bond acceptors (Lipinski definition) is 6. The zero-order valence-corrected chi connectivity index (χ0v) is 23.3. The van der Waals surface area contributed by atoms with Crippen LogP contribution < -0.4 is 0 Å². The quantitative estimate of drug-likeness (QED) is 0.483. The number of aliphatic hydroxyl groups excluding tert-OH is 2. The Labute approximate surface area is 229 Å². The van der Waals surface area contributed by atoms with Gasteiger partial charge in [0.05, 0.1) is 0 Å². The third-order valence-corrected chi connectivity index (χ3v) is 12.2. The lowest BCUT2D eigenvalue weighted by Gasteiger charge is -2.38. The Kier molecular flexibility index (Phi) is 8.11. The average molecular weight is 533 g/mol. The van der Waals surface area contributed by atoms with Crippen molar-refractivity contribution in [2.75, 3.05) is 0 Å². The van der Waals surface area contributed by atoms with Crippen molar-refractivity contribution in [1.82, 2.24) is 0 Å². The highest BCUT2D eigenvalue weighted by Gasteiger charge is 2.61. The van der Waals surface area contributed by atoms with E-state index in [9.17, 15) is 10.2 Å². The largest absolute Gasteiger partial charge is 0.387 e. The van der Waals surface area contributed by atoms with Crippen LogP contribution in [0.1, 0.15) is 116 Å². The number of aliphatic hydroxyl groups is 2. The predicted octanol–water partition coefficient (Wildman–Crippen LogP) is 5.72. The lowest BCUT2D eigenvalue weighted by molar-refractivity contribution is -0.153. The molecule has 6 heteroatoms. The maximum Gasteiger partial charge on any atom is 0.161 e. The Balaban J connectivity index is 0.916. The normalized spacial score (nSPS) is 51.0. The molecule has 0 bridgehead atoms. The first-order chi connectivity index (χ1) is 18.7. The van der Waals surface area contributed by atoms with Gasteiger partial charge in [-0.15, -0.1) is 0 Å². The Hall–Kier alpha value is -0.240. The van der Waals surface area contributed by atoms with Crippen LogP contribution in [0.3, 0.4) is 0 Å². The molecule has 7 aliphatic rings. The zero-order chi connectivity index (χ0) is 25.6. The smallest absolute Gasteiger partial charge is 0.161 e. The summed E-state index contributed by atoms with van der Waals surface area (Å²) >= 11 is 0. The topological polar surface area (TPSA) is 77.4 Å². The molecule has 2 saturated heterocycles. The monoisotopic (exact) mass is 532 g/mol. The molecule has 2 heterocycles. The molecule has 0 aromatic rings. The van der Waals surface area contributed by atoms with Crippen LogP contribution in [0.2, 0.25) is 0 Å². The Bertz CT molecular complexity index is 676. The minimum atomic E-state index is -0.819. The van der Waals surface area contributed by atoms with Gasteiger partial charge in [0.1, 0.15) is 36.6 Å². The summed E-state index contributed by atoms with van der Waals surface area (Å²) in [6.07, 6.45) is 19.3. The summed E-state index contributed by atoms with van der Waals surface area (Å²) < 4.78 is 25.5. The van der Waals surface area contributed by atoms with E-state index in [1.165, 1.54) is 89.9 Å². The highest BCUT2D eigenvalue weighted by atomic mass is 16.8. The molecule has 216 valence electrons. The minimum Gasteiger partial charge on any atom is -0.387 e. The zero-order valence-electron chi connectivity index (χ0n) is 23.3. The summed E-state index contributed by atoms with van der Waals surface area (Å²) in [5.41, 5.74) is 0. The second-order valence-electron chi connectivity index (χ2n) is 14.3. The van der Waals surface area contributed by atoms with Crippen molar-refractivity contribution in [3.05, 3.63) is 0 Å². The van der Waals surface area contributed by atoms with Crippen LogP contribution >= 0.6 is 0 Å². The van der Waals surface area contributed by atoms with Crippen LogP contribution in [-0.4, -0.2) is 59.4 Å². The number of fused-ring (bicyclic) bond motifs is 2. The fourth-order valence-corrected chi connectivity index (χ4v) is 9.90. The van der Waals surface area contributed by atoms with Gasteiger partial charge in [0.15, 0.2) is 12.6 Å². The van der Waals surface area contributed by atoms with Crippen LogP contribution in [0.25, 0.3) is 0 Å². The van der Waals surface area contributed by atoms with E-state index in [0.717, 1.165) is 49.4 Å². The molecule has 7 fully saturated rings. The van der Waals surface area contributed by atoms with Crippen LogP contribution in [0.4, 0.5) is 0 Å². The van der Waals surface area contributed by atoms with E-state index in [2.05, 4.69) is 0 Å². The first-order valence-electron chi connectivity index (χ1n) is 16.6. The molecule has 4 unspecified atom stereocenters. The van der Waals surface area contributed by atoms with Gasteiger partial charge < -0.3 is 29.2 Å². The van der Waals surface area contributed by atoms with E-state index < -0.39 is 36.6 Å². The molecule has 5 saturated carbocycles. The Morgan fingerprint density at radius 2 is 0.579 bits per heavy atom. The van der Waals surface area contributed by atoms with E-state index in [4.69, 9.17) is 18.9 Å². The lowest BCUT2D eigenvalue weighted by Crippen LogP contribution is -2.61. The molecule has 0 aromatic heterocycles. The number of ether oxygens (including phenoxy) is 4. The summed E-state index contributed by atoms with van der Waals surface area (Å²) in [5, 5.41) is 22.6. The van der Waals surface area contributed by atoms with Gasteiger partial charge in [-0.05, 0) is 75.0 Å². The van der Waals surface area contributed by atoms with Crippen LogP contribution in [-0.2, 0) is 18.9 Å². The van der Waals surface area contributed by atoms with Crippen LogP contribution in [0.5, 0.6) is 0 Å². The molecule has 5 aliphatic carbocycles. The second-order valence-corrected chi connectivity index (χ2v) is 14.3. The molecule has 8 atom stereocenters. The van der Waals surface area contributed by atoms with Gasteiger partial charge in [-0.1, -0.05) is 64.2 Å². The fourth-order valence-electron chi connectivity index (χ4n) is 9.90. The van der Waals surface area contributed by atoms with Gasteiger partial charge >= 0.3 is 0 Å². The maximum atomic E-state index is 11.3. The molecule has 0 radical (unpaired) electrons. The van der Waals surface area contributed by atoms with Crippen molar-refractivity contribution in [2.24, 2.45) is 35.5 Å². The Morgan fingerprint density at radius 3 is 0.895 bits per heavy atom. The predicted molar refractivity (Wildman–Crippen MR) is 143 cm³/mol. The number of hydrogen-bond donors (Lipinski definition) is 2. The second kappa shape index (κ2) is 11.6. The van der Waals surface area contributed by atoms with Crippen LogP contribution in [0, 0.1) is 35.5 Å². The van der Waals surface area contributed by atoms with Crippen molar-refractivity contribution in [3.8, 4) is 0 Å². The highest BCUT2D eigenvalue weighted by molar-refractivity contribution is 5.06. The molecule has 2 aliphatic heterocycles. The van der Waals surface area contributed by atoms with Crippen molar-refractivity contribution < 1.29 is 29.2 Å². The fraction of sp³-hybridized carbons (Fsp3) is 1.00. The minimum absolute atomic E-state index is 0.328. The summed E-state index contributed by atoms with van der Waals surface area (Å²) in [6.45, 7) is 0. The summed E-state index contributed by atoms with van der Waals surface area (Å²) in [4.78, 5) is 0. The van der Waals surface area contributed by atoms with Gasteiger partial charge in [0.25, 0.3) is 0 Å². The molecule has 6 nitrogen and oxygen atoms in total.